The van der Waals surface area contributed by atoms with Gasteiger partial charge in [0.2, 0.25) is 5.91 Å². The Kier molecular flexibility index (Phi) is 6.72. The van der Waals surface area contributed by atoms with Crippen LogP contribution in [0.2, 0.25) is 0 Å². The van der Waals surface area contributed by atoms with Crippen LogP contribution in [0.3, 0.4) is 0 Å². The van der Waals surface area contributed by atoms with E-state index >= 15 is 0 Å². The van der Waals surface area contributed by atoms with E-state index in [1.54, 1.807) is 0 Å². The van der Waals surface area contributed by atoms with E-state index in [1.807, 2.05) is 61.5 Å². The van der Waals surface area contributed by atoms with Crippen LogP contribution in [0.15, 0.2) is 54.6 Å². The number of hydrogen-bond acceptors (Lipinski definition) is 3. The predicted molar refractivity (Wildman–Crippen MR) is 115 cm³/mol. The third-order valence-corrected chi connectivity index (χ3v) is 7.38. The van der Waals surface area contributed by atoms with E-state index in [-0.39, 0.29) is 17.9 Å². The fraction of sp³-hybridized carbons (Fsp3) is 0.409. The molecule has 2 aromatic carbocycles. The molecule has 1 amide bonds. The summed E-state index contributed by atoms with van der Waals surface area (Å²) in [5.74, 6) is -0.221. The first-order chi connectivity index (χ1) is 13.8. The summed E-state index contributed by atoms with van der Waals surface area (Å²) >= 11 is 0. The zero-order valence-corrected chi connectivity index (χ0v) is 18.0. The van der Waals surface area contributed by atoms with Crippen LogP contribution in [0.1, 0.15) is 35.6 Å². The Bertz CT molecular complexity index is 920. The summed E-state index contributed by atoms with van der Waals surface area (Å²) in [6.07, 6.45) is 1.04. The lowest BCUT2D eigenvalue weighted by atomic mass is 9.94. The first-order valence-electron chi connectivity index (χ1n) is 9.88. The second-order valence-electron chi connectivity index (χ2n) is 7.73. The Labute approximate surface area is 173 Å². The molecule has 3 rings (SSSR count). The fourth-order valence-electron chi connectivity index (χ4n) is 3.60. The van der Waals surface area contributed by atoms with E-state index in [0.717, 1.165) is 11.1 Å². The maximum Gasteiger partial charge on any atom is 0.281 e. The van der Waals surface area contributed by atoms with Gasteiger partial charge in [-0.1, -0.05) is 60.2 Å². The van der Waals surface area contributed by atoms with Gasteiger partial charge in [-0.2, -0.15) is 17.0 Å². The number of aryl methyl sites for hydroxylation is 1. The average Bonchev–Trinajstić information content (AvgIpc) is 2.73. The predicted octanol–water partition coefficient (Wildman–Crippen LogP) is 2.72. The lowest BCUT2D eigenvalue weighted by Crippen LogP contribution is -2.47. The van der Waals surface area contributed by atoms with Crippen molar-refractivity contribution in [1.29, 1.82) is 0 Å². The second-order valence-corrected chi connectivity index (χ2v) is 9.87. The molecule has 1 saturated heterocycles. The van der Waals surface area contributed by atoms with Gasteiger partial charge in [-0.05, 0) is 30.9 Å². The number of carbonyl (C=O) groups is 1. The molecule has 1 aliphatic heterocycles. The maximum atomic E-state index is 13.0. The van der Waals surface area contributed by atoms with Crippen molar-refractivity contribution in [2.45, 2.75) is 25.8 Å². The Hall–Kier alpha value is -2.22. The van der Waals surface area contributed by atoms with Crippen molar-refractivity contribution in [2.24, 2.45) is 5.92 Å². The Morgan fingerprint density at radius 2 is 1.55 bits per heavy atom. The summed E-state index contributed by atoms with van der Waals surface area (Å²) < 4.78 is 27.2. The lowest BCUT2D eigenvalue weighted by Gasteiger charge is -2.33. The highest BCUT2D eigenvalue weighted by Gasteiger charge is 2.33. The number of hydrogen-bond donors (Lipinski definition) is 1. The highest BCUT2D eigenvalue weighted by atomic mass is 32.2. The first-order valence-corrected chi connectivity index (χ1v) is 11.3. The van der Waals surface area contributed by atoms with E-state index < -0.39 is 10.2 Å². The third-order valence-electron chi connectivity index (χ3n) is 5.44. The number of nitrogens with one attached hydrogen (secondary N) is 1. The molecule has 29 heavy (non-hydrogen) atoms. The summed E-state index contributed by atoms with van der Waals surface area (Å²) in [7, 11) is -0.371. The second kappa shape index (κ2) is 9.07. The van der Waals surface area contributed by atoms with Crippen molar-refractivity contribution in [3.05, 3.63) is 71.3 Å². The summed E-state index contributed by atoms with van der Waals surface area (Å²) in [5, 5.41) is 3.20. The van der Waals surface area contributed by atoms with Gasteiger partial charge in [-0.15, -0.1) is 0 Å². The molecule has 0 spiro atoms. The van der Waals surface area contributed by atoms with E-state index in [4.69, 9.17) is 0 Å². The maximum absolute atomic E-state index is 13.0. The van der Waals surface area contributed by atoms with E-state index in [1.165, 1.54) is 28.3 Å². The van der Waals surface area contributed by atoms with Crippen molar-refractivity contribution in [1.82, 2.24) is 13.9 Å². The van der Waals surface area contributed by atoms with Crippen LogP contribution in [0.5, 0.6) is 0 Å². The Morgan fingerprint density at radius 3 is 2.10 bits per heavy atom. The number of piperidine rings is 1. The summed E-state index contributed by atoms with van der Waals surface area (Å²) in [6.45, 7) is 2.76. The SMILES string of the molecule is Cc1ccc([C@@H](NC(=O)C2CCN(S(=O)(=O)N(C)C)CC2)c2ccccc2)cc1. The van der Waals surface area contributed by atoms with Crippen molar-refractivity contribution >= 4 is 16.1 Å². The minimum Gasteiger partial charge on any atom is -0.345 e. The zero-order chi connectivity index (χ0) is 21.0. The molecule has 0 saturated carbocycles. The van der Waals surface area contributed by atoms with Gasteiger partial charge < -0.3 is 5.32 Å². The Morgan fingerprint density at radius 1 is 1.00 bits per heavy atom. The number of amides is 1. The summed E-state index contributed by atoms with van der Waals surface area (Å²) in [6, 6.07) is 17.9. The minimum atomic E-state index is -3.43. The largest absolute Gasteiger partial charge is 0.345 e. The van der Waals surface area contributed by atoms with Gasteiger partial charge in [-0.3, -0.25) is 4.79 Å². The quantitative estimate of drug-likeness (QED) is 0.789. The van der Waals surface area contributed by atoms with Crippen molar-refractivity contribution < 1.29 is 13.2 Å². The van der Waals surface area contributed by atoms with Gasteiger partial charge in [0.25, 0.3) is 10.2 Å². The van der Waals surface area contributed by atoms with Gasteiger partial charge in [0, 0.05) is 33.1 Å². The van der Waals surface area contributed by atoms with Gasteiger partial charge in [-0.25, -0.2) is 0 Å². The molecule has 1 fully saturated rings. The zero-order valence-electron chi connectivity index (χ0n) is 17.2. The van der Waals surface area contributed by atoms with E-state index in [0.29, 0.717) is 25.9 Å². The summed E-state index contributed by atoms with van der Waals surface area (Å²) in [4.78, 5) is 13.0. The van der Waals surface area contributed by atoms with Crippen LogP contribution in [0.4, 0.5) is 0 Å². The summed E-state index contributed by atoms with van der Waals surface area (Å²) in [5.41, 5.74) is 3.22. The molecule has 1 atom stereocenters. The van der Waals surface area contributed by atoms with Crippen molar-refractivity contribution in [3.63, 3.8) is 0 Å². The molecule has 1 aliphatic rings. The molecule has 0 radical (unpaired) electrons. The molecule has 0 aliphatic carbocycles. The smallest absolute Gasteiger partial charge is 0.281 e. The number of rotatable bonds is 6. The van der Waals surface area contributed by atoms with Crippen molar-refractivity contribution in [3.8, 4) is 0 Å². The van der Waals surface area contributed by atoms with Gasteiger partial charge in [0.15, 0.2) is 0 Å². The molecular formula is C22H29N3O3S. The average molecular weight is 416 g/mol. The van der Waals surface area contributed by atoms with Gasteiger partial charge in [0.05, 0.1) is 6.04 Å². The molecule has 2 aromatic rings. The molecule has 7 heteroatoms. The van der Waals surface area contributed by atoms with Crippen LogP contribution in [-0.4, -0.2) is 50.1 Å². The standard InChI is InChI=1S/C22H29N3O3S/c1-17-9-11-19(12-10-17)21(18-7-5-4-6-8-18)23-22(26)20-13-15-25(16-14-20)29(27,28)24(2)3/h4-12,20-21H,13-16H2,1-3H3,(H,23,26)/t21-/m0/s1. The molecular weight excluding hydrogens is 386 g/mol. The molecule has 1 N–H and O–H groups in total. The van der Waals surface area contributed by atoms with Gasteiger partial charge in [0.1, 0.15) is 0 Å². The monoisotopic (exact) mass is 415 g/mol. The third kappa shape index (κ3) is 5.04. The van der Waals surface area contributed by atoms with Crippen LogP contribution in [0, 0.1) is 12.8 Å². The van der Waals surface area contributed by atoms with Crippen LogP contribution in [0.25, 0.3) is 0 Å². The highest BCUT2D eigenvalue weighted by Crippen LogP contribution is 2.26. The Balaban J connectivity index is 1.72. The van der Waals surface area contributed by atoms with E-state index in [2.05, 4.69) is 5.32 Å². The minimum absolute atomic E-state index is 0.0265. The van der Waals surface area contributed by atoms with Crippen LogP contribution >= 0.6 is 0 Å². The van der Waals surface area contributed by atoms with Crippen LogP contribution in [-0.2, 0) is 15.0 Å². The molecule has 6 nitrogen and oxygen atoms in total. The number of carbonyl (C=O) groups excluding carboxylic acids is 1. The number of benzene rings is 2. The molecule has 156 valence electrons. The molecule has 0 bridgehead atoms. The van der Waals surface area contributed by atoms with E-state index in [9.17, 15) is 13.2 Å². The van der Waals surface area contributed by atoms with Crippen LogP contribution < -0.4 is 5.32 Å². The molecule has 1 heterocycles. The fourth-order valence-corrected chi connectivity index (χ4v) is 4.74. The van der Waals surface area contributed by atoms with Gasteiger partial charge >= 0.3 is 0 Å². The molecule has 0 unspecified atom stereocenters. The lowest BCUT2D eigenvalue weighted by molar-refractivity contribution is -0.126. The molecule has 0 aromatic heterocycles. The topological polar surface area (TPSA) is 69.7 Å². The van der Waals surface area contributed by atoms with Crippen molar-refractivity contribution in [2.75, 3.05) is 27.2 Å². The number of nitrogens with zero attached hydrogens (tertiary/aromatic N) is 2. The normalized spacial score (nSPS) is 17.2. The first kappa shape index (κ1) is 21.5. The highest BCUT2D eigenvalue weighted by molar-refractivity contribution is 7.86.